The number of hydrogen-bond acceptors (Lipinski definition) is 6. The molecule has 2 N–H and O–H groups in total. The van der Waals surface area contributed by atoms with Gasteiger partial charge in [-0.25, -0.2) is 9.89 Å². The Bertz CT molecular complexity index is 945. The molecule has 9 heteroatoms. The van der Waals surface area contributed by atoms with Crippen LogP contribution in [0.15, 0.2) is 39.6 Å². The van der Waals surface area contributed by atoms with Gasteiger partial charge in [-0.2, -0.15) is 10.1 Å². The number of nitrogens with one attached hydrogen (secondary N) is 2. The highest BCUT2D eigenvalue weighted by molar-refractivity contribution is 5.77. The van der Waals surface area contributed by atoms with Crippen LogP contribution in [0.5, 0.6) is 0 Å². The summed E-state index contributed by atoms with van der Waals surface area (Å²) in [6, 6.07) is 9.34. The molecule has 4 rings (SSSR count). The third-order valence-electron chi connectivity index (χ3n) is 4.46. The number of aryl methyl sites for hydroxylation is 1. The minimum atomic E-state index is -0.362. The zero-order valence-corrected chi connectivity index (χ0v) is 14.0. The summed E-state index contributed by atoms with van der Waals surface area (Å²) >= 11 is 0. The zero-order chi connectivity index (χ0) is 17.9. The van der Waals surface area contributed by atoms with Gasteiger partial charge in [0.1, 0.15) is 0 Å². The lowest BCUT2D eigenvalue weighted by Crippen LogP contribution is -2.31. The van der Waals surface area contributed by atoms with Gasteiger partial charge in [0.05, 0.1) is 6.04 Å². The quantitative estimate of drug-likeness (QED) is 0.715. The van der Waals surface area contributed by atoms with Crippen LogP contribution in [0.1, 0.15) is 37.0 Å². The van der Waals surface area contributed by atoms with E-state index in [-0.39, 0.29) is 24.1 Å². The van der Waals surface area contributed by atoms with E-state index in [0.717, 1.165) is 18.4 Å². The number of benzene rings is 1. The standard InChI is InChI=1S/C17H18N6O3/c24-14(23-10-4-7-12(23)16-19-17(25)21-20-16)9-8-13-18-15(22-26-13)11-5-2-1-3-6-11/h1-3,5-6,12H,4,7-10H2,(H2,19,20,21,25)/t12-/m1/s1. The Morgan fingerprint density at radius 3 is 2.92 bits per heavy atom. The summed E-state index contributed by atoms with van der Waals surface area (Å²) in [4.78, 5) is 32.6. The van der Waals surface area contributed by atoms with Gasteiger partial charge in [0.25, 0.3) is 0 Å². The summed E-state index contributed by atoms with van der Waals surface area (Å²) in [5.41, 5.74) is 0.509. The molecule has 9 nitrogen and oxygen atoms in total. The number of carbonyl (C=O) groups is 1. The number of nitrogens with zero attached hydrogens (tertiary/aromatic N) is 4. The topological polar surface area (TPSA) is 121 Å². The molecule has 0 bridgehead atoms. The fourth-order valence-electron chi connectivity index (χ4n) is 3.21. The van der Waals surface area contributed by atoms with E-state index in [0.29, 0.717) is 30.5 Å². The Labute approximate surface area is 148 Å². The van der Waals surface area contributed by atoms with Gasteiger partial charge in [0.2, 0.25) is 17.6 Å². The van der Waals surface area contributed by atoms with Crippen LogP contribution >= 0.6 is 0 Å². The molecule has 0 aliphatic carbocycles. The van der Waals surface area contributed by atoms with Gasteiger partial charge in [0, 0.05) is 24.9 Å². The summed E-state index contributed by atoms with van der Waals surface area (Å²) in [5, 5.41) is 10.3. The molecule has 134 valence electrons. The van der Waals surface area contributed by atoms with Crippen molar-refractivity contribution in [3.05, 3.63) is 52.5 Å². The van der Waals surface area contributed by atoms with E-state index >= 15 is 0 Å². The van der Waals surface area contributed by atoms with Crippen LogP contribution in [0.2, 0.25) is 0 Å². The Morgan fingerprint density at radius 1 is 1.31 bits per heavy atom. The van der Waals surface area contributed by atoms with Gasteiger partial charge in [0.15, 0.2) is 5.82 Å². The second kappa shape index (κ2) is 6.95. The van der Waals surface area contributed by atoms with Crippen LogP contribution in [-0.2, 0) is 11.2 Å². The third-order valence-corrected chi connectivity index (χ3v) is 4.46. The second-order valence-electron chi connectivity index (χ2n) is 6.19. The fraction of sp³-hybridized carbons (Fsp3) is 0.353. The average Bonchev–Trinajstić information content (AvgIpc) is 3.40. The van der Waals surface area contributed by atoms with Gasteiger partial charge in [-0.05, 0) is 12.8 Å². The fourth-order valence-corrected chi connectivity index (χ4v) is 3.21. The molecule has 1 aliphatic rings. The van der Waals surface area contributed by atoms with Gasteiger partial charge in [-0.1, -0.05) is 35.5 Å². The van der Waals surface area contributed by atoms with E-state index in [1.54, 1.807) is 4.90 Å². The van der Waals surface area contributed by atoms with E-state index in [1.807, 2.05) is 30.3 Å². The molecular formula is C17H18N6O3. The molecule has 1 aliphatic heterocycles. The maximum Gasteiger partial charge on any atom is 0.340 e. The smallest absolute Gasteiger partial charge is 0.339 e. The van der Waals surface area contributed by atoms with Gasteiger partial charge in [-0.15, -0.1) is 0 Å². The molecule has 1 atom stereocenters. The molecule has 0 radical (unpaired) electrons. The van der Waals surface area contributed by atoms with Crippen LogP contribution in [0.3, 0.4) is 0 Å². The molecule has 1 amide bonds. The van der Waals surface area contributed by atoms with E-state index in [4.69, 9.17) is 4.52 Å². The van der Waals surface area contributed by atoms with Gasteiger partial charge < -0.3 is 9.42 Å². The van der Waals surface area contributed by atoms with E-state index in [9.17, 15) is 9.59 Å². The van der Waals surface area contributed by atoms with Gasteiger partial charge in [-0.3, -0.25) is 9.78 Å². The number of H-pyrrole nitrogens is 2. The van der Waals surface area contributed by atoms with Crippen LogP contribution in [0, 0.1) is 0 Å². The first-order valence-electron chi connectivity index (χ1n) is 8.53. The Morgan fingerprint density at radius 2 is 2.15 bits per heavy atom. The molecule has 26 heavy (non-hydrogen) atoms. The minimum absolute atomic E-state index is 0.0178. The number of amides is 1. The van der Waals surface area contributed by atoms with Crippen molar-refractivity contribution in [3.63, 3.8) is 0 Å². The molecule has 1 aromatic carbocycles. The molecule has 3 heterocycles. The molecule has 0 spiro atoms. The van der Waals surface area contributed by atoms with Crippen molar-refractivity contribution < 1.29 is 9.32 Å². The normalized spacial score (nSPS) is 16.9. The van der Waals surface area contributed by atoms with Crippen molar-refractivity contribution >= 4 is 5.91 Å². The summed E-state index contributed by atoms with van der Waals surface area (Å²) in [6.45, 7) is 0.650. The van der Waals surface area contributed by atoms with Crippen molar-refractivity contribution in [3.8, 4) is 11.4 Å². The Balaban J connectivity index is 1.39. The zero-order valence-electron chi connectivity index (χ0n) is 14.0. The maximum absolute atomic E-state index is 12.6. The highest BCUT2D eigenvalue weighted by Crippen LogP contribution is 2.29. The summed E-state index contributed by atoms with van der Waals surface area (Å²) in [5.74, 6) is 1.43. The predicted octanol–water partition coefficient (Wildman–Crippen LogP) is 1.44. The molecule has 2 aromatic heterocycles. The highest BCUT2D eigenvalue weighted by atomic mass is 16.5. The number of aromatic amines is 2. The van der Waals surface area contributed by atoms with Gasteiger partial charge >= 0.3 is 5.69 Å². The van der Waals surface area contributed by atoms with Crippen molar-refractivity contribution in [1.82, 2.24) is 30.2 Å². The third kappa shape index (κ3) is 3.28. The SMILES string of the molecule is O=C(CCc1nc(-c2ccccc2)no1)N1CCC[C@@H]1c1n[nH]c(=O)[nH]1. The van der Waals surface area contributed by atoms with Crippen molar-refractivity contribution in [2.45, 2.75) is 31.7 Å². The maximum atomic E-state index is 12.6. The van der Waals surface area contributed by atoms with E-state index in [2.05, 4.69) is 25.3 Å². The summed E-state index contributed by atoms with van der Waals surface area (Å²) in [7, 11) is 0. The summed E-state index contributed by atoms with van der Waals surface area (Å²) in [6.07, 6.45) is 2.30. The molecule has 1 fully saturated rings. The highest BCUT2D eigenvalue weighted by Gasteiger charge is 2.32. The van der Waals surface area contributed by atoms with E-state index in [1.165, 1.54) is 0 Å². The number of likely N-dealkylation sites (tertiary alicyclic amines) is 1. The van der Waals surface area contributed by atoms with Crippen LogP contribution < -0.4 is 5.69 Å². The number of carbonyl (C=O) groups excluding carboxylic acids is 1. The largest absolute Gasteiger partial charge is 0.340 e. The lowest BCUT2D eigenvalue weighted by molar-refractivity contribution is -0.132. The molecular weight excluding hydrogens is 336 g/mol. The molecule has 3 aromatic rings. The molecule has 0 saturated carbocycles. The lowest BCUT2D eigenvalue weighted by Gasteiger charge is -2.22. The number of rotatable bonds is 5. The average molecular weight is 354 g/mol. The lowest BCUT2D eigenvalue weighted by atomic mass is 10.2. The number of hydrogen-bond donors (Lipinski definition) is 2. The molecule has 0 unspecified atom stereocenters. The van der Waals surface area contributed by atoms with Crippen molar-refractivity contribution in [2.24, 2.45) is 0 Å². The first-order valence-corrected chi connectivity index (χ1v) is 8.53. The second-order valence-corrected chi connectivity index (χ2v) is 6.19. The van der Waals surface area contributed by atoms with Crippen molar-refractivity contribution in [1.29, 1.82) is 0 Å². The first-order chi connectivity index (χ1) is 12.7. The minimum Gasteiger partial charge on any atom is -0.339 e. The van der Waals surface area contributed by atoms with E-state index < -0.39 is 0 Å². The van der Waals surface area contributed by atoms with Crippen LogP contribution in [0.25, 0.3) is 11.4 Å². The Kier molecular flexibility index (Phi) is 4.34. The van der Waals surface area contributed by atoms with Crippen molar-refractivity contribution in [2.75, 3.05) is 6.54 Å². The van der Waals surface area contributed by atoms with Crippen LogP contribution in [-0.4, -0.2) is 42.7 Å². The summed E-state index contributed by atoms with van der Waals surface area (Å²) < 4.78 is 5.25. The first kappa shape index (κ1) is 16.2. The molecule has 1 saturated heterocycles. The monoisotopic (exact) mass is 354 g/mol. The predicted molar refractivity (Wildman–Crippen MR) is 91.0 cm³/mol. The number of aromatic nitrogens is 5. The Hall–Kier alpha value is -3.23. The van der Waals surface area contributed by atoms with Crippen LogP contribution in [0.4, 0.5) is 0 Å².